The Morgan fingerprint density at radius 2 is 0.609 bits per heavy atom. The van der Waals surface area contributed by atoms with E-state index < -0.39 is 11.9 Å². The van der Waals surface area contributed by atoms with E-state index in [1.54, 1.807) is 72.8 Å². The van der Waals surface area contributed by atoms with Crippen LogP contribution in [-0.2, 0) is 9.47 Å². The average molecular weight is 605 g/mol. The molecule has 8 aromatic rings. The standard InChI is InChI=1S/C38H20O8/c1-45-37(43)31-15-25-23-13-29-27(33(39)17-7-3-5-9-19(17)35(29)41)11-21(23)22-12-28-30(14-24(22)26(25)16-32(31)38(44)46-2)36(42)20-10-6-4-8-18(20)34(28)40/h3-16H,1-2H3. The number of fused-ring (bicyclic) bond motifs is 10. The van der Waals surface area contributed by atoms with Crippen LogP contribution in [0.2, 0.25) is 0 Å². The number of esters is 2. The lowest BCUT2D eigenvalue weighted by Gasteiger charge is -2.15. The minimum Gasteiger partial charge on any atom is -0.465 e. The minimum absolute atomic E-state index is 0.0638. The predicted octanol–water partition coefficient (Wildman–Crippen LogP) is 5.65. The van der Waals surface area contributed by atoms with E-state index >= 15 is 0 Å². The first-order chi connectivity index (χ1) is 22.2. The fraction of sp³-hybridized carbons (Fsp3) is 0.0526. The van der Waals surface area contributed by atoms with E-state index in [9.17, 15) is 28.8 Å². The Labute approximate surface area is 257 Å². The molecule has 8 aromatic carbocycles. The molecule has 0 spiro atoms. The molecule has 0 aliphatic carbocycles. The van der Waals surface area contributed by atoms with Crippen molar-refractivity contribution >= 4 is 87.3 Å². The molecular weight excluding hydrogens is 584 g/mol. The van der Waals surface area contributed by atoms with E-state index in [1.165, 1.54) is 26.4 Å². The lowest BCUT2D eigenvalue weighted by Crippen LogP contribution is -2.14. The van der Waals surface area contributed by atoms with Crippen molar-refractivity contribution in [1.82, 2.24) is 0 Å². The second-order valence-electron chi connectivity index (χ2n) is 11.2. The van der Waals surface area contributed by atoms with Gasteiger partial charge in [0.05, 0.1) is 25.3 Å². The lowest BCUT2D eigenvalue weighted by atomic mass is 9.87. The van der Waals surface area contributed by atoms with Crippen molar-refractivity contribution in [2.75, 3.05) is 14.2 Å². The molecule has 0 atom stereocenters. The van der Waals surface area contributed by atoms with Gasteiger partial charge in [-0.25, -0.2) is 9.59 Å². The normalized spacial score (nSPS) is 11.8. The highest BCUT2D eigenvalue weighted by atomic mass is 16.5. The van der Waals surface area contributed by atoms with Gasteiger partial charge in [0.1, 0.15) is 0 Å². The molecule has 0 N–H and O–H groups in total. The zero-order chi connectivity index (χ0) is 32.0. The highest BCUT2D eigenvalue weighted by Crippen LogP contribution is 2.39. The third-order valence-electron chi connectivity index (χ3n) is 8.97. The fourth-order valence-corrected chi connectivity index (χ4v) is 6.78. The van der Waals surface area contributed by atoms with Gasteiger partial charge in [-0.3, -0.25) is 19.2 Å². The van der Waals surface area contributed by atoms with E-state index in [2.05, 4.69) is 0 Å². The number of ether oxygens (including phenoxy) is 2. The predicted molar refractivity (Wildman–Crippen MR) is 179 cm³/mol. The summed E-state index contributed by atoms with van der Waals surface area (Å²) >= 11 is 0. The summed E-state index contributed by atoms with van der Waals surface area (Å²) in [5.74, 6) is -1.56. The first-order valence-electron chi connectivity index (χ1n) is 14.3. The highest BCUT2D eigenvalue weighted by Gasteiger charge is 2.24. The van der Waals surface area contributed by atoms with Gasteiger partial charge in [-0.2, -0.15) is 0 Å². The van der Waals surface area contributed by atoms with Gasteiger partial charge in [0, 0.05) is 43.1 Å². The Bertz CT molecular complexity index is 2750. The molecule has 0 radical (unpaired) electrons. The number of carbonyl (C=O) groups excluding carboxylic acids is 2. The topological polar surface area (TPSA) is 121 Å². The van der Waals surface area contributed by atoms with Gasteiger partial charge in [-0.1, -0.05) is 48.5 Å². The molecule has 0 saturated heterocycles. The Kier molecular flexibility index (Phi) is 5.70. The monoisotopic (exact) mass is 604 g/mol. The molecule has 0 aliphatic rings. The van der Waals surface area contributed by atoms with Gasteiger partial charge < -0.3 is 9.47 Å². The largest absolute Gasteiger partial charge is 0.465 e. The third kappa shape index (κ3) is 3.55. The Hall–Kier alpha value is -6.28. The van der Waals surface area contributed by atoms with Crippen molar-refractivity contribution in [1.29, 1.82) is 0 Å². The van der Waals surface area contributed by atoms with E-state index in [-0.39, 0.29) is 75.9 Å². The molecule has 0 unspecified atom stereocenters. The van der Waals surface area contributed by atoms with Crippen LogP contribution < -0.4 is 21.7 Å². The van der Waals surface area contributed by atoms with Crippen molar-refractivity contribution in [2.24, 2.45) is 0 Å². The molecule has 8 nitrogen and oxygen atoms in total. The highest BCUT2D eigenvalue weighted by molar-refractivity contribution is 6.30. The van der Waals surface area contributed by atoms with Crippen LogP contribution in [0, 0.1) is 0 Å². The maximum absolute atomic E-state index is 13.7. The third-order valence-corrected chi connectivity index (χ3v) is 8.97. The molecule has 220 valence electrons. The summed E-state index contributed by atoms with van der Waals surface area (Å²) in [5.41, 5.74) is -1.44. The Morgan fingerprint density at radius 3 is 0.848 bits per heavy atom. The van der Waals surface area contributed by atoms with Gasteiger partial charge >= 0.3 is 11.9 Å². The Balaban J connectivity index is 1.69. The number of benzene rings is 8. The van der Waals surface area contributed by atoms with Crippen molar-refractivity contribution in [2.45, 2.75) is 0 Å². The second-order valence-corrected chi connectivity index (χ2v) is 11.2. The summed E-state index contributed by atoms with van der Waals surface area (Å²) in [7, 11) is 2.38. The molecule has 46 heavy (non-hydrogen) atoms. The molecule has 8 heteroatoms. The van der Waals surface area contributed by atoms with E-state index in [0.717, 1.165) is 0 Å². The molecule has 8 rings (SSSR count). The summed E-state index contributed by atoms with van der Waals surface area (Å²) in [6, 6.07) is 22.7. The SMILES string of the molecule is COC(=O)c1cc2c(cc1C(=O)OC)c1cc3c(=O)c4ccccc4c(=O)c3cc1c1cc3c(=O)c4ccccc4c(=O)c3cc21. The number of hydrogen-bond donors (Lipinski definition) is 0. The first kappa shape index (κ1) is 27.3. The number of methoxy groups -OCH3 is 2. The summed E-state index contributed by atoms with van der Waals surface area (Å²) in [6.07, 6.45) is 0. The number of carbonyl (C=O) groups is 2. The maximum Gasteiger partial charge on any atom is 0.338 e. The van der Waals surface area contributed by atoms with Crippen molar-refractivity contribution in [3.05, 3.63) is 137 Å². The Morgan fingerprint density at radius 1 is 0.370 bits per heavy atom. The van der Waals surface area contributed by atoms with E-state index in [4.69, 9.17) is 9.47 Å². The molecule has 0 amide bonds. The van der Waals surface area contributed by atoms with Gasteiger partial charge in [0.2, 0.25) is 0 Å². The molecule has 0 saturated carbocycles. The van der Waals surface area contributed by atoms with E-state index in [0.29, 0.717) is 32.3 Å². The van der Waals surface area contributed by atoms with Crippen LogP contribution >= 0.6 is 0 Å². The molecule has 0 heterocycles. The molecule has 0 fully saturated rings. The zero-order valence-corrected chi connectivity index (χ0v) is 24.3. The summed E-state index contributed by atoms with van der Waals surface area (Å²) in [6.45, 7) is 0. The summed E-state index contributed by atoms with van der Waals surface area (Å²) in [5, 5.41) is 4.87. The lowest BCUT2D eigenvalue weighted by molar-refractivity contribution is 0.0555. The van der Waals surface area contributed by atoms with Gasteiger partial charge in [0.25, 0.3) is 0 Å². The van der Waals surface area contributed by atoms with Crippen molar-refractivity contribution in [3.8, 4) is 0 Å². The van der Waals surface area contributed by atoms with E-state index in [1.807, 2.05) is 0 Å². The van der Waals surface area contributed by atoms with Crippen LogP contribution in [-0.4, -0.2) is 26.2 Å². The van der Waals surface area contributed by atoms with Crippen molar-refractivity contribution < 1.29 is 19.1 Å². The number of rotatable bonds is 2. The van der Waals surface area contributed by atoms with Gasteiger partial charge in [-0.15, -0.1) is 0 Å². The quantitative estimate of drug-likeness (QED) is 0.141. The maximum atomic E-state index is 13.7. The van der Waals surface area contributed by atoms with Crippen LogP contribution in [0.4, 0.5) is 0 Å². The van der Waals surface area contributed by atoms with Gasteiger partial charge in [-0.05, 0) is 68.7 Å². The van der Waals surface area contributed by atoms with Crippen LogP contribution in [0.5, 0.6) is 0 Å². The summed E-state index contributed by atoms with van der Waals surface area (Å²) < 4.78 is 9.97. The van der Waals surface area contributed by atoms with Crippen LogP contribution in [0.1, 0.15) is 20.7 Å². The average Bonchev–Trinajstić information content (AvgIpc) is 3.10. The minimum atomic E-state index is -0.781. The smallest absolute Gasteiger partial charge is 0.338 e. The second kappa shape index (κ2) is 9.61. The molecule has 0 bridgehead atoms. The van der Waals surface area contributed by atoms with Crippen LogP contribution in [0.25, 0.3) is 75.4 Å². The molecule has 0 aliphatic heterocycles. The number of hydrogen-bond acceptors (Lipinski definition) is 8. The van der Waals surface area contributed by atoms with Crippen molar-refractivity contribution in [3.63, 3.8) is 0 Å². The molecule has 0 aromatic heterocycles. The van der Waals surface area contributed by atoms with Crippen LogP contribution in [0.3, 0.4) is 0 Å². The summed E-state index contributed by atoms with van der Waals surface area (Å²) in [4.78, 5) is 80.8. The van der Waals surface area contributed by atoms with Gasteiger partial charge in [0.15, 0.2) is 21.7 Å². The van der Waals surface area contributed by atoms with Crippen LogP contribution in [0.15, 0.2) is 104 Å². The fourth-order valence-electron chi connectivity index (χ4n) is 6.78. The molecular formula is C38H20O8. The zero-order valence-electron chi connectivity index (χ0n) is 24.3. The first-order valence-corrected chi connectivity index (χ1v) is 14.3.